The molecule has 1 saturated heterocycles. The largest absolute Gasteiger partial charge is 0.491 e. The predicted octanol–water partition coefficient (Wildman–Crippen LogP) is 2.03. The SMILES string of the molecule is COCCOc1ccc(NC2CCS(=O)CC2)cc1. The minimum Gasteiger partial charge on any atom is -0.491 e. The fourth-order valence-electron chi connectivity index (χ4n) is 2.06. The number of nitrogens with one attached hydrogen (secondary N) is 1. The quantitative estimate of drug-likeness (QED) is 0.812. The molecule has 0 amide bonds. The van der Waals surface area contributed by atoms with Crippen molar-refractivity contribution in [3.63, 3.8) is 0 Å². The zero-order valence-corrected chi connectivity index (χ0v) is 12.1. The lowest BCUT2D eigenvalue weighted by Gasteiger charge is -2.23. The number of benzene rings is 1. The topological polar surface area (TPSA) is 47.6 Å². The summed E-state index contributed by atoms with van der Waals surface area (Å²) in [7, 11) is 1.06. The van der Waals surface area contributed by atoms with E-state index in [2.05, 4.69) is 5.32 Å². The van der Waals surface area contributed by atoms with Gasteiger partial charge in [0.1, 0.15) is 12.4 Å². The number of hydrogen-bond acceptors (Lipinski definition) is 4. The van der Waals surface area contributed by atoms with Crippen LogP contribution in [0.15, 0.2) is 24.3 Å². The first-order valence-electron chi connectivity index (χ1n) is 6.61. The zero-order chi connectivity index (χ0) is 13.5. The lowest BCUT2D eigenvalue weighted by molar-refractivity contribution is 0.146. The second kappa shape index (κ2) is 7.50. The average Bonchev–Trinajstić information content (AvgIpc) is 2.44. The second-order valence-corrected chi connectivity index (χ2v) is 6.33. The summed E-state index contributed by atoms with van der Waals surface area (Å²) in [6.07, 6.45) is 1.97. The third kappa shape index (κ3) is 4.84. The van der Waals surface area contributed by atoms with Crippen LogP contribution >= 0.6 is 0 Å². The van der Waals surface area contributed by atoms with Crippen molar-refractivity contribution in [2.45, 2.75) is 18.9 Å². The van der Waals surface area contributed by atoms with Gasteiger partial charge in [-0.3, -0.25) is 4.21 Å². The Bertz CT molecular complexity index is 398. The fraction of sp³-hybridized carbons (Fsp3) is 0.571. The molecule has 1 aromatic carbocycles. The van der Waals surface area contributed by atoms with Gasteiger partial charge >= 0.3 is 0 Å². The monoisotopic (exact) mass is 283 g/mol. The first kappa shape index (κ1) is 14.3. The molecule has 1 N–H and O–H groups in total. The van der Waals surface area contributed by atoms with Crippen molar-refractivity contribution in [2.75, 3.05) is 37.1 Å². The highest BCUT2D eigenvalue weighted by molar-refractivity contribution is 7.85. The Kier molecular flexibility index (Phi) is 5.66. The Morgan fingerprint density at radius 1 is 1.21 bits per heavy atom. The molecule has 0 aliphatic carbocycles. The first-order valence-corrected chi connectivity index (χ1v) is 8.10. The standard InChI is InChI=1S/C14H21NO3S/c1-17-8-9-18-14-4-2-12(3-5-14)15-13-6-10-19(16)11-7-13/h2-5,13,15H,6-11H2,1H3. The summed E-state index contributed by atoms with van der Waals surface area (Å²) in [6.45, 7) is 1.16. The highest BCUT2D eigenvalue weighted by atomic mass is 32.2. The van der Waals surface area contributed by atoms with Gasteiger partial charge in [0.15, 0.2) is 0 Å². The van der Waals surface area contributed by atoms with Crippen molar-refractivity contribution < 1.29 is 13.7 Å². The van der Waals surface area contributed by atoms with Gasteiger partial charge in [0.05, 0.1) is 6.61 Å². The van der Waals surface area contributed by atoms with E-state index in [1.54, 1.807) is 7.11 Å². The molecule has 0 spiro atoms. The van der Waals surface area contributed by atoms with E-state index in [1.165, 1.54) is 0 Å². The van der Waals surface area contributed by atoms with Gasteiger partial charge in [0.25, 0.3) is 0 Å². The highest BCUT2D eigenvalue weighted by Gasteiger charge is 2.17. The van der Waals surface area contributed by atoms with Crippen molar-refractivity contribution in [1.82, 2.24) is 0 Å². The summed E-state index contributed by atoms with van der Waals surface area (Å²) >= 11 is 0. The molecule has 19 heavy (non-hydrogen) atoms. The Morgan fingerprint density at radius 2 is 1.89 bits per heavy atom. The van der Waals surface area contributed by atoms with Crippen molar-refractivity contribution >= 4 is 16.5 Å². The Labute approximate surface area is 116 Å². The van der Waals surface area contributed by atoms with E-state index in [0.29, 0.717) is 19.3 Å². The van der Waals surface area contributed by atoms with Gasteiger partial charge in [-0.25, -0.2) is 0 Å². The van der Waals surface area contributed by atoms with E-state index in [-0.39, 0.29) is 0 Å². The summed E-state index contributed by atoms with van der Waals surface area (Å²) in [5, 5.41) is 3.48. The number of hydrogen-bond donors (Lipinski definition) is 1. The van der Waals surface area contributed by atoms with Crippen LogP contribution in [-0.4, -0.2) is 42.1 Å². The lowest BCUT2D eigenvalue weighted by Crippen LogP contribution is -2.29. The summed E-state index contributed by atoms with van der Waals surface area (Å²) in [5.74, 6) is 2.48. The van der Waals surface area contributed by atoms with Crippen LogP contribution in [0.3, 0.4) is 0 Å². The van der Waals surface area contributed by atoms with Crippen LogP contribution in [0.5, 0.6) is 5.75 Å². The zero-order valence-electron chi connectivity index (χ0n) is 11.3. The highest BCUT2D eigenvalue weighted by Crippen LogP contribution is 2.19. The number of anilines is 1. The van der Waals surface area contributed by atoms with Crippen LogP contribution in [0, 0.1) is 0 Å². The smallest absolute Gasteiger partial charge is 0.119 e. The Balaban J connectivity index is 1.79. The van der Waals surface area contributed by atoms with Crippen LogP contribution in [0.2, 0.25) is 0 Å². The molecule has 1 aliphatic rings. The summed E-state index contributed by atoms with van der Waals surface area (Å²) in [4.78, 5) is 0. The van der Waals surface area contributed by atoms with Gasteiger partial charge in [0.2, 0.25) is 0 Å². The van der Waals surface area contributed by atoms with Crippen molar-refractivity contribution in [1.29, 1.82) is 0 Å². The maximum atomic E-state index is 11.3. The summed E-state index contributed by atoms with van der Waals surface area (Å²) in [5.41, 5.74) is 1.09. The molecule has 0 aromatic heterocycles. The van der Waals surface area contributed by atoms with Gasteiger partial charge in [-0.2, -0.15) is 0 Å². The molecule has 1 heterocycles. The maximum absolute atomic E-state index is 11.3. The molecule has 1 aliphatic heterocycles. The first-order chi connectivity index (χ1) is 9.28. The van der Waals surface area contributed by atoms with Gasteiger partial charge < -0.3 is 14.8 Å². The van der Waals surface area contributed by atoms with E-state index in [1.807, 2.05) is 24.3 Å². The van der Waals surface area contributed by atoms with Crippen molar-refractivity contribution in [2.24, 2.45) is 0 Å². The number of rotatable bonds is 6. The fourth-order valence-corrected chi connectivity index (χ4v) is 3.36. The molecule has 0 unspecified atom stereocenters. The molecule has 0 atom stereocenters. The lowest BCUT2D eigenvalue weighted by atomic mass is 10.1. The minimum atomic E-state index is -0.599. The van der Waals surface area contributed by atoms with Gasteiger partial charge in [0, 0.05) is 41.1 Å². The predicted molar refractivity (Wildman–Crippen MR) is 78.3 cm³/mol. The Morgan fingerprint density at radius 3 is 2.53 bits per heavy atom. The van der Waals surface area contributed by atoms with E-state index in [0.717, 1.165) is 35.8 Å². The van der Waals surface area contributed by atoms with Crippen LogP contribution in [0.4, 0.5) is 5.69 Å². The molecule has 4 nitrogen and oxygen atoms in total. The molecule has 0 saturated carbocycles. The second-order valence-electron chi connectivity index (χ2n) is 4.63. The van der Waals surface area contributed by atoms with E-state index >= 15 is 0 Å². The van der Waals surface area contributed by atoms with Crippen molar-refractivity contribution in [3.05, 3.63) is 24.3 Å². The average molecular weight is 283 g/mol. The van der Waals surface area contributed by atoms with Crippen LogP contribution in [0.1, 0.15) is 12.8 Å². The molecule has 0 radical (unpaired) electrons. The molecule has 0 bridgehead atoms. The molecular formula is C14H21NO3S. The van der Waals surface area contributed by atoms with Crippen LogP contribution in [0.25, 0.3) is 0 Å². The number of methoxy groups -OCH3 is 1. The number of ether oxygens (including phenoxy) is 2. The maximum Gasteiger partial charge on any atom is 0.119 e. The molecule has 1 aromatic rings. The van der Waals surface area contributed by atoms with Crippen molar-refractivity contribution in [3.8, 4) is 5.75 Å². The van der Waals surface area contributed by atoms with Crippen LogP contribution in [-0.2, 0) is 15.5 Å². The third-order valence-corrected chi connectivity index (χ3v) is 4.55. The van der Waals surface area contributed by atoms with E-state index < -0.39 is 10.8 Å². The van der Waals surface area contributed by atoms with Crippen LogP contribution < -0.4 is 10.1 Å². The molecule has 1 fully saturated rings. The van der Waals surface area contributed by atoms with Gasteiger partial charge in [-0.15, -0.1) is 0 Å². The molecule has 5 heteroatoms. The van der Waals surface area contributed by atoms with Gasteiger partial charge in [-0.1, -0.05) is 0 Å². The summed E-state index contributed by atoms with van der Waals surface area (Å²) in [6, 6.07) is 8.40. The molecule has 2 rings (SSSR count). The molecular weight excluding hydrogens is 262 g/mol. The Hall–Kier alpha value is -1.07. The normalized spacial score (nSPS) is 23.0. The van der Waals surface area contributed by atoms with Gasteiger partial charge in [-0.05, 0) is 37.1 Å². The van der Waals surface area contributed by atoms with E-state index in [9.17, 15) is 4.21 Å². The van der Waals surface area contributed by atoms with E-state index in [4.69, 9.17) is 9.47 Å². The minimum absolute atomic E-state index is 0.443. The molecule has 106 valence electrons. The summed E-state index contributed by atoms with van der Waals surface area (Å²) < 4.78 is 21.7. The third-order valence-electron chi connectivity index (χ3n) is 3.17.